The molecule has 0 fully saturated rings. The summed E-state index contributed by atoms with van der Waals surface area (Å²) < 4.78 is 5.31. The molecule has 0 unspecified atom stereocenters. The second-order valence-electron chi connectivity index (χ2n) is 3.04. The molecule has 11 heavy (non-hydrogen) atoms. The summed E-state index contributed by atoms with van der Waals surface area (Å²) in [6.45, 7) is 5.42. The molecule has 3 atom stereocenters. The zero-order valence-electron chi connectivity index (χ0n) is 7.03. The Kier molecular flexibility index (Phi) is 2.09. The maximum atomic E-state index is 9.34. The molecule has 0 aromatic heterocycles. The highest BCUT2D eigenvalue weighted by atomic mass is 16.5. The lowest BCUT2D eigenvalue weighted by atomic mass is 9.98. The van der Waals surface area contributed by atoms with Crippen LogP contribution in [-0.2, 0) is 4.74 Å². The lowest BCUT2D eigenvalue weighted by Crippen LogP contribution is -2.32. The first-order valence-corrected chi connectivity index (χ1v) is 3.81. The molecule has 64 valence electrons. The first-order valence-electron chi connectivity index (χ1n) is 3.81. The maximum absolute atomic E-state index is 9.34. The summed E-state index contributed by atoms with van der Waals surface area (Å²) in [6, 6.07) is 0. The Bertz CT molecular complexity index is 186. The van der Waals surface area contributed by atoms with Gasteiger partial charge in [-0.05, 0) is 13.8 Å². The highest BCUT2D eigenvalue weighted by Crippen LogP contribution is 2.26. The summed E-state index contributed by atoms with van der Waals surface area (Å²) >= 11 is 0. The van der Waals surface area contributed by atoms with E-state index >= 15 is 0 Å². The van der Waals surface area contributed by atoms with Gasteiger partial charge in [-0.1, -0.05) is 6.92 Å². The molecule has 2 N–H and O–H groups in total. The molecule has 0 spiro atoms. The van der Waals surface area contributed by atoms with Gasteiger partial charge in [0.25, 0.3) is 0 Å². The highest BCUT2D eigenvalue weighted by molar-refractivity contribution is 5.10. The molecular weight excluding hydrogens is 144 g/mol. The van der Waals surface area contributed by atoms with Crippen molar-refractivity contribution in [2.75, 3.05) is 0 Å². The Morgan fingerprint density at radius 1 is 1.09 bits per heavy atom. The van der Waals surface area contributed by atoms with Crippen molar-refractivity contribution in [1.29, 1.82) is 0 Å². The van der Waals surface area contributed by atoms with E-state index in [0.717, 1.165) is 0 Å². The van der Waals surface area contributed by atoms with Gasteiger partial charge in [-0.2, -0.15) is 0 Å². The molecular formula is C8H14O3. The first kappa shape index (κ1) is 8.40. The summed E-state index contributed by atoms with van der Waals surface area (Å²) in [5, 5.41) is 18.6. The minimum absolute atomic E-state index is 0.0269. The second-order valence-corrected chi connectivity index (χ2v) is 3.04. The SMILES string of the molecule is C[C@@H]1C(O)=C(O)[C@@H](C)O[C@@H]1C. The fourth-order valence-electron chi connectivity index (χ4n) is 1.17. The number of hydrogen-bond acceptors (Lipinski definition) is 3. The van der Waals surface area contributed by atoms with Gasteiger partial charge >= 0.3 is 0 Å². The lowest BCUT2D eigenvalue weighted by molar-refractivity contribution is -0.0469. The van der Waals surface area contributed by atoms with E-state index in [1.165, 1.54) is 0 Å². The monoisotopic (exact) mass is 158 g/mol. The van der Waals surface area contributed by atoms with Gasteiger partial charge < -0.3 is 14.9 Å². The van der Waals surface area contributed by atoms with Gasteiger partial charge in [-0.3, -0.25) is 0 Å². The van der Waals surface area contributed by atoms with E-state index in [4.69, 9.17) is 4.74 Å². The van der Waals surface area contributed by atoms with Gasteiger partial charge in [0.15, 0.2) is 5.76 Å². The van der Waals surface area contributed by atoms with Gasteiger partial charge in [-0.25, -0.2) is 0 Å². The van der Waals surface area contributed by atoms with Crippen LogP contribution in [0.5, 0.6) is 0 Å². The quantitative estimate of drug-likeness (QED) is 0.564. The molecule has 1 rings (SSSR count). The number of aliphatic hydroxyl groups excluding tert-OH is 2. The van der Waals surface area contributed by atoms with Crippen LogP contribution in [0.4, 0.5) is 0 Å². The fraction of sp³-hybridized carbons (Fsp3) is 0.750. The van der Waals surface area contributed by atoms with Crippen LogP contribution in [-0.4, -0.2) is 22.4 Å². The first-order chi connectivity index (χ1) is 5.04. The average molecular weight is 158 g/mol. The van der Waals surface area contributed by atoms with E-state index in [-0.39, 0.29) is 29.6 Å². The molecule has 0 aliphatic carbocycles. The van der Waals surface area contributed by atoms with Crippen LogP contribution in [0, 0.1) is 5.92 Å². The van der Waals surface area contributed by atoms with Crippen molar-refractivity contribution >= 4 is 0 Å². The van der Waals surface area contributed by atoms with E-state index in [0.29, 0.717) is 0 Å². The molecule has 0 aromatic carbocycles. The molecule has 0 saturated heterocycles. The average Bonchev–Trinajstić information content (AvgIpc) is 1.97. The molecule has 3 nitrogen and oxygen atoms in total. The van der Waals surface area contributed by atoms with Crippen molar-refractivity contribution in [3.63, 3.8) is 0 Å². The third-order valence-electron chi connectivity index (χ3n) is 2.20. The summed E-state index contributed by atoms with van der Waals surface area (Å²) in [5.74, 6) is -0.0712. The topological polar surface area (TPSA) is 49.7 Å². The molecule has 0 bridgehead atoms. The Labute approximate surface area is 66.3 Å². The predicted molar refractivity (Wildman–Crippen MR) is 41.5 cm³/mol. The number of hydrogen-bond donors (Lipinski definition) is 2. The highest BCUT2D eigenvalue weighted by Gasteiger charge is 2.30. The Morgan fingerprint density at radius 2 is 1.64 bits per heavy atom. The summed E-state index contributed by atoms with van der Waals surface area (Å²) in [5.41, 5.74) is 0. The van der Waals surface area contributed by atoms with E-state index in [9.17, 15) is 10.2 Å². The molecule has 1 heterocycles. The Hall–Kier alpha value is -0.700. The normalized spacial score (nSPS) is 39.4. The number of aliphatic hydroxyl groups is 2. The second kappa shape index (κ2) is 2.74. The van der Waals surface area contributed by atoms with Crippen LogP contribution < -0.4 is 0 Å². The molecule has 0 radical (unpaired) electrons. The maximum Gasteiger partial charge on any atom is 0.159 e. The Morgan fingerprint density at radius 3 is 2.18 bits per heavy atom. The van der Waals surface area contributed by atoms with Crippen LogP contribution in [0.15, 0.2) is 11.5 Å². The van der Waals surface area contributed by atoms with E-state index in [1.807, 2.05) is 13.8 Å². The van der Waals surface area contributed by atoms with Crippen molar-refractivity contribution in [1.82, 2.24) is 0 Å². The standard InChI is InChI=1S/C8H14O3/c1-4-5(2)11-6(3)8(10)7(4)9/h4-6,9-10H,1-3H3/t4-,5+,6+/m0/s1. The van der Waals surface area contributed by atoms with Gasteiger partial charge in [0.2, 0.25) is 0 Å². The minimum Gasteiger partial charge on any atom is -0.508 e. The summed E-state index contributed by atoms with van der Waals surface area (Å²) in [7, 11) is 0. The van der Waals surface area contributed by atoms with Gasteiger partial charge in [0.1, 0.15) is 11.9 Å². The smallest absolute Gasteiger partial charge is 0.159 e. The Balaban J connectivity index is 2.89. The van der Waals surface area contributed by atoms with Crippen molar-refractivity contribution < 1.29 is 14.9 Å². The third kappa shape index (κ3) is 1.33. The molecule has 0 aromatic rings. The van der Waals surface area contributed by atoms with Crippen molar-refractivity contribution in [2.45, 2.75) is 33.0 Å². The van der Waals surface area contributed by atoms with E-state index < -0.39 is 0 Å². The molecule has 3 heteroatoms. The van der Waals surface area contributed by atoms with Crippen LogP contribution in [0.25, 0.3) is 0 Å². The molecule has 1 aliphatic heterocycles. The molecule has 0 amide bonds. The number of rotatable bonds is 0. The van der Waals surface area contributed by atoms with Gasteiger partial charge in [0, 0.05) is 5.92 Å². The molecule has 1 aliphatic rings. The van der Waals surface area contributed by atoms with Crippen molar-refractivity contribution in [3.05, 3.63) is 11.5 Å². The third-order valence-corrected chi connectivity index (χ3v) is 2.20. The summed E-state index contributed by atoms with van der Waals surface area (Å²) in [4.78, 5) is 0. The lowest BCUT2D eigenvalue weighted by Gasteiger charge is -2.30. The summed E-state index contributed by atoms with van der Waals surface area (Å²) in [6.07, 6.45) is -0.401. The zero-order chi connectivity index (χ0) is 8.59. The zero-order valence-corrected chi connectivity index (χ0v) is 7.03. The number of ether oxygens (including phenoxy) is 1. The predicted octanol–water partition coefficient (Wildman–Crippen LogP) is 1.76. The van der Waals surface area contributed by atoms with Crippen molar-refractivity contribution in [3.8, 4) is 0 Å². The van der Waals surface area contributed by atoms with Crippen LogP contribution in [0.1, 0.15) is 20.8 Å². The fourth-order valence-corrected chi connectivity index (χ4v) is 1.17. The van der Waals surface area contributed by atoms with E-state index in [1.54, 1.807) is 6.92 Å². The largest absolute Gasteiger partial charge is 0.508 e. The van der Waals surface area contributed by atoms with Crippen LogP contribution in [0.3, 0.4) is 0 Å². The molecule has 0 saturated carbocycles. The minimum atomic E-state index is -0.374. The van der Waals surface area contributed by atoms with Crippen molar-refractivity contribution in [2.24, 2.45) is 5.92 Å². The van der Waals surface area contributed by atoms with E-state index in [2.05, 4.69) is 0 Å². The van der Waals surface area contributed by atoms with Gasteiger partial charge in [0.05, 0.1) is 6.10 Å². The van der Waals surface area contributed by atoms with Crippen LogP contribution >= 0.6 is 0 Å². The van der Waals surface area contributed by atoms with Gasteiger partial charge in [-0.15, -0.1) is 0 Å². The van der Waals surface area contributed by atoms with Crippen LogP contribution in [0.2, 0.25) is 0 Å².